The highest BCUT2D eigenvalue weighted by molar-refractivity contribution is 9.11. The molecule has 0 bridgehead atoms. The summed E-state index contributed by atoms with van der Waals surface area (Å²) in [5, 5.41) is 0. The number of rotatable bonds is 1. The van der Waals surface area contributed by atoms with Crippen molar-refractivity contribution >= 4 is 47.8 Å². The third-order valence-corrected chi connectivity index (χ3v) is 3.37. The molecule has 0 unspecified atom stereocenters. The summed E-state index contributed by atoms with van der Waals surface area (Å²) in [4.78, 5) is 0. The maximum absolute atomic E-state index is 3.47. The van der Waals surface area contributed by atoms with E-state index in [1.807, 2.05) is 24.3 Å². The van der Waals surface area contributed by atoms with Gasteiger partial charge in [-0.3, -0.25) is 0 Å². The zero-order valence-electron chi connectivity index (χ0n) is 7.60. The van der Waals surface area contributed by atoms with E-state index >= 15 is 0 Å². The largest absolute Gasteiger partial charge is 0.0532 e. The van der Waals surface area contributed by atoms with E-state index in [4.69, 9.17) is 0 Å². The van der Waals surface area contributed by atoms with Crippen LogP contribution in [-0.4, -0.2) is 0 Å². The van der Waals surface area contributed by atoms with Crippen molar-refractivity contribution in [3.05, 3.63) is 55.9 Å². The second kappa shape index (κ2) is 4.81. The van der Waals surface area contributed by atoms with Gasteiger partial charge in [0.25, 0.3) is 0 Å². The van der Waals surface area contributed by atoms with E-state index in [0.717, 1.165) is 24.5 Å². The first-order valence-corrected chi connectivity index (χ1v) is 6.67. The Hall–Kier alpha value is -0.120. The van der Waals surface area contributed by atoms with Gasteiger partial charge in [0.15, 0.2) is 0 Å². The molecule has 15 heavy (non-hydrogen) atoms. The molecule has 0 aliphatic carbocycles. The highest BCUT2D eigenvalue weighted by Crippen LogP contribution is 2.27. The lowest BCUT2D eigenvalue weighted by Crippen LogP contribution is -1.79. The van der Waals surface area contributed by atoms with Crippen molar-refractivity contribution in [2.75, 3.05) is 0 Å². The van der Waals surface area contributed by atoms with Gasteiger partial charge in [-0.1, -0.05) is 59.9 Å². The lowest BCUT2D eigenvalue weighted by atomic mass is 10.1. The third kappa shape index (κ3) is 2.92. The predicted molar refractivity (Wildman–Crippen MR) is 73.8 cm³/mol. The van der Waals surface area contributed by atoms with Gasteiger partial charge in [-0.2, -0.15) is 0 Å². The summed E-state index contributed by atoms with van der Waals surface area (Å²) in [5.74, 6) is 0. The first kappa shape index (κ1) is 11.4. The van der Waals surface area contributed by atoms with E-state index in [9.17, 15) is 0 Å². The molecule has 2 aromatic carbocycles. The van der Waals surface area contributed by atoms with Gasteiger partial charge in [0, 0.05) is 19.5 Å². The molecule has 0 aliphatic heterocycles. The molecule has 2 aromatic rings. The molecule has 0 aliphatic rings. The van der Waals surface area contributed by atoms with Crippen LogP contribution in [0.1, 0.15) is 0 Å². The van der Waals surface area contributed by atoms with Gasteiger partial charge in [0.1, 0.15) is 0 Å². The fraction of sp³-hybridized carbons (Fsp3) is 0. The van der Waals surface area contributed by atoms with E-state index in [2.05, 4.69) is 66.0 Å². The standard InChI is InChI=1S/C12H6Br3/c13-10-3-1-8(2-4-10)9-5-11(14)7-12(15)6-9/h1-5,7H. The third-order valence-electron chi connectivity index (χ3n) is 1.96. The van der Waals surface area contributed by atoms with Crippen LogP contribution in [0.3, 0.4) is 0 Å². The summed E-state index contributed by atoms with van der Waals surface area (Å²) in [6.45, 7) is 0. The summed E-state index contributed by atoms with van der Waals surface area (Å²) < 4.78 is 3.08. The molecular weight excluding hydrogens is 384 g/mol. The highest BCUT2D eigenvalue weighted by Gasteiger charge is 2.01. The quantitative estimate of drug-likeness (QED) is 0.609. The van der Waals surface area contributed by atoms with Gasteiger partial charge in [-0.25, -0.2) is 0 Å². The Morgan fingerprint density at radius 3 is 2.07 bits per heavy atom. The fourth-order valence-corrected chi connectivity index (χ4v) is 2.78. The second-order valence-electron chi connectivity index (χ2n) is 3.07. The Balaban J connectivity index is 2.49. The number of halogens is 3. The smallest absolute Gasteiger partial charge is 0.0271 e. The van der Waals surface area contributed by atoms with Crippen molar-refractivity contribution in [2.45, 2.75) is 0 Å². The number of hydrogen-bond acceptors (Lipinski definition) is 0. The minimum Gasteiger partial charge on any atom is -0.0532 e. The lowest BCUT2D eigenvalue weighted by molar-refractivity contribution is 1.54. The zero-order valence-corrected chi connectivity index (χ0v) is 12.4. The number of hydrogen-bond donors (Lipinski definition) is 0. The number of benzene rings is 2. The van der Waals surface area contributed by atoms with Gasteiger partial charge in [-0.05, 0) is 35.4 Å². The van der Waals surface area contributed by atoms with Crippen LogP contribution in [0.25, 0.3) is 11.1 Å². The van der Waals surface area contributed by atoms with E-state index in [0.29, 0.717) is 0 Å². The summed E-state index contributed by atoms with van der Waals surface area (Å²) in [7, 11) is 0. The Bertz CT molecular complexity index is 454. The first-order chi connectivity index (χ1) is 7.15. The monoisotopic (exact) mass is 387 g/mol. The van der Waals surface area contributed by atoms with Gasteiger partial charge in [0.2, 0.25) is 0 Å². The molecular formula is C12H6Br3. The molecule has 0 N–H and O–H groups in total. The molecule has 0 aromatic heterocycles. The Morgan fingerprint density at radius 1 is 0.800 bits per heavy atom. The minimum absolute atomic E-state index is 0.954. The van der Waals surface area contributed by atoms with Crippen molar-refractivity contribution in [3.63, 3.8) is 0 Å². The normalized spacial score (nSPS) is 10.3. The molecule has 0 heterocycles. The van der Waals surface area contributed by atoms with Gasteiger partial charge in [0.05, 0.1) is 0 Å². The molecule has 3 heteroatoms. The van der Waals surface area contributed by atoms with Crippen LogP contribution in [0.15, 0.2) is 49.8 Å². The van der Waals surface area contributed by atoms with Crippen molar-refractivity contribution in [1.29, 1.82) is 0 Å². The average Bonchev–Trinajstić information content (AvgIpc) is 2.17. The maximum Gasteiger partial charge on any atom is 0.0271 e. The molecule has 0 nitrogen and oxygen atoms in total. The molecule has 0 spiro atoms. The van der Waals surface area contributed by atoms with Crippen LogP contribution in [0.2, 0.25) is 0 Å². The van der Waals surface area contributed by atoms with Crippen molar-refractivity contribution in [1.82, 2.24) is 0 Å². The topological polar surface area (TPSA) is 0 Å². The first-order valence-electron chi connectivity index (χ1n) is 4.29. The SMILES string of the molecule is Brc1[c]c(-c2ccc(Br)cc2)cc(Br)c1. The predicted octanol–water partition coefficient (Wildman–Crippen LogP) is 5.44. The summed E-state index contributed by atoms with van der Waals surface area (Å²) in [6, 6.07) is 15.5. The Morgan fingerprint density at radius 2 is 1.47 bits per heavy atom. The van der Waals surface area contributed by atoms with Crippen molar-refractivity contribution in [2.24, 2.45) is 0 Å². The van der Waals surface area contributed by atoms with Crippen LogP contribution in [-0.2, 0) is 0 Å². The molecule has 75 valence electrons. The lowest BCUT2D eigenvalue weighted by Gasteiger charge is -2.03. The van der Waals surface area contributed by atoms with E-state index in [-0.39, 0.29) is 0 Å². The van der Waals surface area contributed by atoms with Crippen molar-refractivity contribution < 1.29 is 0 Å². The molecule has 1 radical (unpaired) electrons. The molecule has 0 saturated carbocycles. The molecule has 2 rings (SSSR count). The minimum atomic E-state index is 0.954. The Labute approximate surface area is 114 Å². The molecule has 0 amide bonds. The highest BCUT2D eigenvalue weighted by atomic mass is 79.9. The maximum atomic E-state index is 3.47. The molecule has 0 saturated heterocycles. The fourth-order valence-electron chi connectivity index (χ4n) is 1.29. The van der Waals surface area contributed by atoms with E-state index in [1.54, 1.807) is 0 Å². The van der Waals surface area contributed by atoms with Crippen LogP contribution >= 0.6 is 47.8 Å². The second-order valence-corrected chi connectivity index (χ2v) is 5.75. The van der Waals surface area contributed by atoms with Crippen LogP contribution in [0, 0.1) is 6.07 Å². The van der Waals surface area contributed by atoms with Gasteiger partial charge < -0.3 is 0 Å². The Kier molecular flexibility index (Phi) is 3.65. The summed E-state index contributed by atoms with van der Waals surface area (Å²) in [6.07, 6.45) is 0. The average molecular weight is 390 g/mol. The molecule has 0 fully saturated rings. The zero-order chi connectivity index (χ0) is 10.8. The van der Waals surface area contributed by atoms with E-state index < -0.39 is 0 Å². The molecule has 0 atom stereocenters. The van der Waals surface area contributed by atoms with Gasteiger partial charge >= 0.3 is 0 Å². The van der Waals surface area contributed by atoms with Gasteiger partial charge in [-0.15, -0.1) is 0 Å². The summed E-state index contributed by atoms with van der Waals surface area (Å²) in [5.41, 5.74) is 2.23. The van der Waals surface area contributed by atoms with E-state index in [1.165, 1.54) is 0 Å². The summed E-state index contributed by atoms with van der Waals surface area (Å²) >= 11 is 10.3. The van der Waals surface area contributed by atoms with Crippen LogP contribution in [0.4, 0.5) is 0 Å². The van der Waals surface area contributed by atoms with Crippen LogP contribution in [0.5, 0.6) is 0 Å². The van der Waals surface area contributed by atoms with Crippen molar-refractivity contribution in [3.8, 4) is 11.1 Å². The van der Waals surface area contributed by atoms with Crippen LogP contribution < -0.4 is 0 Å².